The number of carboxylic acids is 1. The van der Waals surface area contributed by atoms with Gasteiger partial charge < -0.3 is 36.4 Å². The fourth-order valence-corrected chi connectivity index (χ4v) is 7.46. The van der Waals surface area contributed by atoms with Gasteiger partial charge in [0.1, 0.15) is 6.04 Å². The highest BCUT2D eigenvalue weighted by molar-refractivity contribution is 6.35. The molecule has 288 valence electrons. The second kappa shape index (κ2) is 15.3. The Labute approximate surface area is 313 Å². The molecule has 2 bridgehead atoms. The molecular weight excluding hydrogens is 733 g/mol. The first-order valence-electron chi connectivity index (χ1n) is 17.5. The van der Waals surface area contributed by atoms with Crippen molar-refractivity contribution in [3.63, 3.8) is 0 Å². The molecule has 0 spiro atoms. The number of halogens is 4. The van der Waals surface area contributed by atoms with Gasteiger partial charge in [-0.1, -0.05) is 37.6 Å². The fraction of sp³-hybridized carbons (Fsp3) is 0.472. The second-order valence-corrected chi connectivity index (χ2v) is 15.0. The molecule has 1 aromatic heterocycles. The molecule has 4 saturated carbocycles. The van der Waals surface area contributed by atoms with Crippen molar-refractivity contribution in [2.75, 3.05) is 30.3 Å². The number of nitrogens with zero attached hydrogens (tertiary/aromatic N) is 3. The van der Waals surface area contributed by atoms with Gasteiger partial charge in [0.15, 0.2) is 6.61 Å². The summed E-state index contributed by atoms with van der Waals surface area (Å²) in [5.41, 5.74) is 0.920. The van der Waals surface area contributed by atoms with Crippen LogP contribution >= 0.6 is 11.6 Å². The van der Waals surface area contributed by atoms with Crippen LogP contribution in [0.1, 0.15) is 61.9 Å². The predicted octanol–water partition coefficient (Wildman–Crippen LogP) is 4.80. The lowest BCUT2D eigenvalue weighted by molar-refractivity contribution is -0.154. The Hall–Kier alpha value is -5.19. The first-order valence-corrected chi connectivity index (χ1v) is 17.9. The minimum atomic E-state index is -4.64. The number of aromatic nitrogens is 3. The highest BCUT2D eigenvalue weighted by atomic mass is 35.5. The molecule has 3 aromatic rings. The molecule has 0 aliphatic heterocycles. The number of amides is 3. The number of carbonyl (C=O) groups excluding carboxylic acids is 3. The summed E-state index contributed by atoms with van der Waals surface area (Å²) in [4.78, 5) is 62.1. The molecule has 7 rings (SSSR count). The summed E-state index contributed by atoms with van der Waals surface area (Å²) in [5, 5.41) is 23.5. The summed E-state index contributed by atoms with van der Waals surface area (Å²) < 4.78 is 43.6. The molecule has 0 radical (unpaired) electrons. The number of carbonyl (C=O) groups is 4. The van der Waals surface area contributed by atoms with Gasteiger partial charge in [0.05, 0.1) is 5.54 Å². The van der Waals surface area contributed by atoms with E-state index in [2.05, 4.69) is 55.4 Å². The van der Waals surface area contributed by atoms with Crippen LogP contribution in [0.2, 0.25) is 5.02 Å². The zero-order valence-electron chi connectivity index (χ0n) is 29.4. The maximum Gasteiger partial charge on any atom is 0.422 e. The van der Waals surface area contributed by atoms with Crippen LogP contribution in [0.15, 0.2) is 48.5 Å². The molecule has 1 heterocycles. The third-order valence-corrected chi connectivity index (χ3v) is 10.9. The number of ether oxygens (including phenoxy) is 1. The van der Waals surface area contributed by atoms with Crippen LogP contribution in [0.3, 0.4) is 0 Å². The van der Waals surface area contributed by atoms with E-state index in [1.807, 2.05) is 12.1 Å². The quantitative estimate of drug-likeness (QED) is 0.123. The Balaban J connectivity index is 1.04. The zero-order chi connectivity index (χ0) is 38.8. The Morgan fingerprint density at radius 2 is 1.61 bits per heavy atom. The lowest BCUT2D eigenvalue weighted by atomic mass is 9.45. The topological polar surface area (TPSA) is 197 Å². The highest BCUT2D eigenvalue weighted by Crippen LogP contribution is 2.61. The monoisotopic (exact) mass is 772 g/mol. The third-order valence-electron chi connectivity index (χ3n) is 10.7. The number of benzene rings is 2. The Morgan fingerprint density at radius 3 is 2.22 bits per heavy atom. The van der Waals surface area contributed by atoms with Crippen molar-refractivity contribution in [3.8, 4) is 6.01 Å². The SMILES string of the molecule is CC1(C)[C@H]2CCC(CNC(=O)C(=O)NC[C@H](NC(=O)c3ccc(Nc4nc(NC5(c6ccc(Cl)cc6)CC5)nc(OCC(F)(F)F)n4)cc3)C(=O)O)[C@@H]1C2. The number of hydrogen-bond acceptors (Lipinski definition) is 10. The first kappa shape index (κ1) is 38.5. The van der Waals surface area contributed by atoms with Crippen molar-refractivity contribution >= 4 is 52.9 Å². The van der Waals surface area contributed by atoms with Gasteiger partial charge in [-0.2, -0.15) is 28.1 Å². The van der Waals surface area contributed by atoms with E-state index in [4.69, 9.17) is 16.3 Å². The molecule has 3 amide bonds. The normalized spacial score (nSPS) is 21.0. The van der Waals surface area contributed by atoms with Gasteiger partial charge >= 0.3 is 30.0 Å². The average molecular weight is 773 g/mol. The molecule has 4 aliphatic carbocycles. The lowest BCUT2D eigenvalue weighted by Gasteiger charge is -2.60. The number of carboxylic acid groups (broad SMARTS) is 1. The zero-order valence-corrected chi connectivity index (χ0v) is 30.2. The fourth-order valence-electron chi connectivity index (χ4n) is 7.33. The van der Waals surface area contributed by atoms with E-state index < -0.39 is 60.6 Å². The molecule has 18 heteroatoms. The molecule has 54 heavy (non-hydrogen) atoms. The Kier molecular flexibility index (Phi) is 10.9. The summed E-state index contributed by atoms with van der Waals surface area (Å²) >= 11 is 6.02. The van der Waals surface area contributed by atoms with Crippen LogP contribution < -0.4 is 31.3 Å². The summed E-state index contributed by atoms with van der Waals surface area (Å²) in [6.07, 6.45) is -0.0458. The highest BCUT2D eigenvalue weighted by Gasteiger charge is 2.54. The van der Waals surface area contributed by atoms with E-state index in [1.165, 1.54) is 24.3 Å². The summed E-state index contributed by atoms with van der Waals surface area (Å²) in [7, 11) is 0. The van der Waals surface area contributed by atoms with E-state index in [0.717, 1.165) is 24.8 Å². The number of aliphatic carboxylic acids is 1. The van der Waals surface area contributed by atoms with Crippen LogP contribution in [0.5, 0.6) is 6.01 Å². The molecule has 6 N–H and O–H groups in total. The average Bonchev–Trinajstić information content (AvgIpc) is 3.91. The molecule has 4 atom stereocenters. The van der Waals surface area contributed by atoms with Crippen molar-refractivity contribution < 1.29 is 42.2 Å². The molecular formula is C36H40ClF3N8O6. The smallest absolute Gasteiger partial charge is 0.422 e. The van der Waals surface area contributed by atoms with E-state index in [-0.39, 0.29) is 28.8 Å². The van der Waals surface area contributed by atoms with Crippen LogP contribution in [0, 0.1) is 23.2 Å². The van der Waals surface area contributed by atoms with Gasteiger partial charge in [-0.3, -0.25) is 14.4 Å². The third kappa shape index (κ3) is 9.12. The Morgan fingerprint density at radius 1 is 0.944 bits per heavy atom. The summed E-state index contributed by atoms with van der Waals surface area (Å²) in [6, 6.07) is 10.6. The maximum atomic E-state index is 12.9. The number of rotatable bonds is 14. The van der Waals surface area contributed by atoms with Crippen LogP contribution in [-0.2, 0) is 19.9 Å². The van der Waals surface area contributed by atoms with Crippen molar-refractivity contribution in [1.82, 2.24) is 30.9 Å². The van der Waals surface area contributed by atoms with Crippen molar-refractivity contribution in [2.24, 2.45) is 23.2 Å². The lowest BCUT2D eigenvalue weighted by Crippen LogP contribution is -2.55. The van der Waals surface area contributed by atoms with Crippen LogP contribution in [-0.4, -0.2) is 75.7 Å². The molecule has 2 aromatic carbocycles. The van der Waals surface area contributed by atoms with Gasteiger partial charge in [0.25, 0.3) is 5.91 Å². The molecule has 0 saturated heterocycles. The largest absolute Gasteiger partial charge is 0.480 e. The molecule has 14 nitrogen and oxygen atoms in total. The summed E-state index contributed by atoms with van der Waals surface area (Å²) in [6.45, 7) is 2.66. The standard InChI is InChI=1S/C36H40ClF3N8O6/c1-34(2)22-6-3-20(25(34)15-22)16-41-28(50)29(51)42-17-26(30(52)53)44-27(49)19-4-11-24(12-5-19)43-31-45-32(47-33(46-31)54-18-36(38,39)40)48-35(13-14-35)21-7-9-23(37)10-8-21/h4-5,7-12,20,22,25-26H,3,6,13-18H2,1-2H3,(H,41,50)(H,42,51)(H,44,49)(H,52,53)(H2,43,45,46,47,48)/t20?,22-,25-,26-/m0/s1. The van der Waals surface area contributed by atoms with E-state index in [1.54, 1.807) is 12.1 Å². The predicted molar refractivity (Wildman–Crippen MR) is 190 cm³/mol. The first-order chi connectivity index (χ1) is 25.5. The summed E-state index contributed by atoms with van der Waals surface area (Å²) in [5.74, 6) is -2.83. The number of anilines is 3. The van der Waals surface area contributed by atoms with Crippen molar-refractivity contribution in [2.45, 2.75) is 63.7 Å². The number of alkyl halides is 3. The van der Waals surface area contributed by atoms with E-state index in [9.17, 15) is 37.5 Å². The van der Waals surface area contributed by atoms with Crippen LogP contribution in [0.25, 0.3) is 0 Å². The van der Waals surface area contributed by atoms with Crippen LogP contribution in [0.4, 0.5) is 30.8 Å². The minimum Gasteiger partial charge on any atom is -0.480 e. The Bertz CT molecular complexity index is 1890. The van der Waals surface area contributed by atoms with E-state index >= 15 is 0 Å². The number of fused-ring (bicyclic) bond motifs is 2. The van der Waals surface area contributed by atoms with Crippen molar-refractivity contribution in [1.29, 1.82) is 0 Å². The van der Waals surface area contributed by atoms with Crippen molar-refractivity contribution in [3.05, 3.63) is 64.7 Å². The van der Waals surface area contributed by atoms with Gasteiger partial charge in [-0.05, 0) is 97.2 Å². The maximum absolute atomic E-state index is 12.9. The van der Waals surface area contributed by atoms with E-state index in [0.29, 0.717) is 41.9 Å². The van der Waals surface area contributed by atoms with Gasteiger partial charge in [0, 0.05) is 29.4 Å². The number of hydrogen-bond donors (Lipinski definition) is 6. The minimum absolute atomic E-state index is 0.0398. The van der Waals surface area contributed by atoms with Gasteiger partial charge in [-0.25, -0.2) is 4.79 Å². The number of nitrogens with one attached hydrogen (secondary N) is 5. The molecule has 1 unspecified atom stereocenters. The molecule has 4 fully saturated rings. The second-order valence-electron chi connectivity index (χ2n) is 14.6. The molecule has 4 aliphatic rings. The van der Waals surface area contributed by atoms with Gasteiger partial charge in [0.2, 0.25) is 11.9 Å². The van der Waals surface area contributed by atoms with Gasteiger partial charge in [-0.15, -0.1) is 0 Å².